The molecule has 0 spiro atoms. The quantitative estimate of drug-likeness (QED) is 0.743. The van der Waals surface area contributed by atoms with Gasteiger partial charge in [0.05, 0.1) is 12.3 Å². The van der Waals surface area contributed by atoms with Gasteiger partial charge in [-0.15, -0.1) is 11.3 Å². The fourth-order valence-electron chi connectivity index (χ4n) is 1.85. The van der Waals surface area contributed by atoms with Gasteiger partial charge >= 0.3 is 0 Å². The van der Waals surface area contributed by atoms with E-state index < -0.39 is 0 Å². The topological polar surface area (TPSA) is 34.1 Å². The molecule has 0 saturated carbocycles. The summed E-state index contributed by atoms with van der Waals surface area (Å²) in [5, 5.41) is 6.55. The van der Waals surface area contributed by atoms with E-state index in [-0.39, 0.29) is 0 Å². The maximum atomic E-state index is 5.67. The van der Waals surface area contributed by atoms with Gasteiger partial charge in [0.25, 0.3) is 0 Å². The van der Waals surface area contributed by atoms with E-state index in [1.807, 2.05) is 12.1 Å². The highest BCUT2D eigenvalue weighted by molar-refractivity contribution is 7.13. The molecule has 3 nitrogen and oxygen atoms in total. The largest absolute Gasteiger partial charge is 0.494 e. The Kier molecular flexibility index (Phi) is 6.02. The van der Waals surface area contributed by atoms with Gasteiger partial charge < -0.3 is 10.1 Å². The van der Waals surface area contributed by atoms with E-state index in [0.717, 1.165) is 54.6 Å². The van der Waals surface area contributed by atoms with Gasteiger partial charge in [-0.25, -0.2) is 4.98 Å². The highest BCUT2D eigenvalue weighted by atomic mass is 32.1. The molecule has 2 rings (SSSR count). The first kappa shape index (κ1) is 15.0. The third kappa shape index (κ3) is 4.32. The minimum Gasteiger partial charge on any atom is -0.494 e. The SMILES string of the molecule is CCCNCc1csc(-c2cccc(OCCC)c2)n1. The lowest BCUT2D eigenvalue weighted by Gasteiger charge is -2.05. The lowest BCUT2D eigenvalue weighted by molar-refractivity contribution is 0.317. The van der Waals surface area contributed by atoms with E-state index in [1.54, 1.807) is 11.3 Å². The molecule has 20 heavy (non-hydrogen) atoms. The van der Waals surface area contributed by atoms with E-state index in [9.17, 15) is 0 Å². The van der Waals surface area contributed by atoms with Gasteiger partial charge in [0.1, 0.15) is 10.8 Å². The van der Waals surface area contributed by atoms with Gasteiger partial charge in [-0.2, -0.15) is 0 Å². The van der Waals surface area contributed by atoms with Gasteiger partial charge in [0.2, 0.25) is 0 Å². The predicted molar refractivity (Wildman–Crippen MR) is 85.3 cm³/mol. The molecular formula is C16H22N2OS. The number of thiazole rings is 1. The third-order valence-corrected chi connectivity index (χ3v) is 3.78. The number of nitrogens with one attached hydrogen (secondary N) is 1. The van der Waals surface area contributed by atoms with Gasteiger partial charge in [0.15, 0.2) is 0 Å². The van der Waals surface area contributed by atoms with Crippen LogP contribution in [0.25, 0.3) is 10.6 Å². The van der Waals surface area contributed by atoms with Crippen LogP contribution in [0.15, 0.2) is 29.6 Å². The van der Waals surface area contributed by atoms with Crippen molar-refractivity contribution in [3.05, 3.63) is 35.3 Å². The molecule has 1 aromatic carbocycles. The molecule has 0 aliphatic rings. The number of hydrogen-bond acceptors (Lipinski definition) is 4. The first-order chi connectivity index (χ1) is 9.83. The van der Waals surface area contributed by atoms with Crippen LogP contribution in [-0.4, -0.2) is 18.1 Å². The zero-order chi connectivity index (χ0) is 14.2. The van der Waals surface area contributed by atoms with Gasteiger partial charge in [0, 0.05) is 17.5 Å². The average molecular weight is 290 g/mol. The molecule has 1 heterocycles. The Morgan fingerprint density at radius 3 is 2.95 bits per heavy atom. The zero-order valence-electron chi connectivity index (χ0n) is 12.2. The molecule has 1 aromatic heterocycles. The molecule has 0 bridgehead atoms. The Hall–Kier alpha value is -1.39. The normalized spacial score (nSPS) is 10.7. The molecule has 0 saturated heterocycles. The van der Waals surface area contributed by atoms with Crippen molar-refractivity contribution in [3.63, 3.8) is 0 Å². The maximum Gasteiger partial charge on any atom is 0.123 e. The summed E-state index contributed by atoms with van der Waals surface area (Å²) in [6.07, 6.45) is 2.17. The van der Waals surface area contributed by atoms with E-state index >= 15 is 0 Å². The van der Waals surface area contributed by atoms with Crippen molar-refractivity contribution >= 4 is 11.3 Å². The number of nitrogens with zero attached hydrogens (tertiary/aromatic N) is 1. The van der Waals surface area contributed by atoms with Crippen LogP contribution in [0.3, 0.4) is 0 Å². The minimum absolute atomic E-state index is 0.757. The third-order valence-electron chi connectivity index (χ3n) is 2.84. The van der Waals surface area contributed by atoms with Crippen LogP contribution < -0.4 is 10.1 Å². The Balaban J connectivity index is 2.03. The smallest absolute Gasteiger partial charge is 0.123 e. The Morgan fingerprint density at radius 2 is 2.15 bits per heavy atom. The number of aromatic nitrogens is 1. The molecule has 108 valence electrons. The number of ether oxygens (including phenoxy) is 1. The van der Waals surface area contributed by atoms with Crippen molar-refractivity contribution < 1.29 is 4.74 Å². The second-order valence-corrected chi connectivity index (χ2v) is 5.56. The number of hydrogen-bond donors (Lipinski definition) is 1. The second kappa shape index (κ2) is 8.02. The summed E-state index contributed by atoms with van der Waals surface area (Å²) in [6, 6.07) is 8.17. The average Bonchev–Trinajstić information content (AvgIpc) is 2.95. The summed E-state index contributed by atoms with van der Waals surface area (Å²) in [4.78, 5) is 4.67. The van der Waals surface area contributed by atoms with Crippen LogP contribution in [-0.2, 0) is 6.54 Å². The second-order valence-electron chi connectivity index (χ2n) is 4.70. The summed E-state index contributed by atoms with van der Waals surface area (Å²) < 4.78 is 5.67. The molecule has 0 amide bonds. The van der Waals surface area contributed by atoms with Crippen LogP contribution in [0, 0.1) is 0 Å². The number of rotatable bonds is 8. The fraction of sp³-hybridized carbons (Fsp3) is 0.438. The lowest BCUT2D eigenvalue weighted by Crippen LogP contribution is -2.13. The molecule has 0 fully saturated rings. The first-order valence-corrected chi connectivity index (χ1v) is 8.09. The molecule has 4 heteroatoms. The van der Waals surface area contributed by atoms with Crippen LogP contribution in [0.1, 0.15) is 32.4 Å². The van der Waals surface area contributed by atoms with E-state index in [0.29, 0.717) is 0 Å². The number of benzene rings is 1. The lowest BCUT2D eigenvalue weighted by atomic mass is 10.2. The van der Waals surface area contributed by atoms with Gasteiger partial charge in [-0.3, -0.25) is 0 Å². The summed E-state index contributed by atoms with van der Waals surface area (Å²) in [6.45, 7) is 6.92. The molecule has 0 aliphatic carbocycles. The summed E-state index contributed by atoms with van der Waals surface area (Å²) >= 11 is 1.69. The van der Waals surface area contributed by atoms with Crippen molar-refractivity contribution in [1.82, 2.24) is 10.3 Å². The van der Waals surface area contributed by atoms with E-state index in [4.69, 9.17) is 4.74 Å². The molecule has 0 atom stereocenters. The zero-order valence-corrected chi connectivity index (χ0v) is 13.0. The summed E-state index contributed by atoms with van der Waals surface area (Å²) in [7, 11) is 0. The van der Waals surface area contributed by atoms with Crippen LogP contribution in [0.4, 0.5) is 0 Å². The van der Waals surface area contributed by atoms with Crippen molar-refractivity contribution in [3.8, 4) is 16.3 Å². The van der Waals surface area contributed by atoms with Crippen molar-refractivity contribution in [2.75, 3.05) is 13.2 Å². The molecular weight excluding hydrogens is 268 g/mol. The molecule has 0 aliphatic heterocycles. The molecule has 2 aromatic rings. The highest BCUT2D eigenvalue weighted by Crippen LogP contribution is 2.27. The monoisotopic (exact) mass is 290 g/mol. The van der Waals surface area contributed by atoms with E-state index in [1.165, 1.54) is 0 Å². The van der Waals surface area contributed by atoms with Gasteiger partial charge in [-0.05, 0) is 31.5 Å². The minimum atomic E-state index is 0.757. The van der Waals surface area contributed by atoms with Crippen molar-refractivity contribution in [2.45, 2.75) is 33.2 Å². The van der Waals surface area contributed by atoms with Crippen molar-refractivity contribution in [1.29, 1.82) is 0 Å². The molecule has 1 N–H and O–H groups in total. The maximum absolute atomic E-state index is 5.67. The summed E-state index contributed by atoms with van der Waals surface area (Å²) in [5.74, 6) is 0.921. The standard InChI is InChI=1S/C16H22N2OS/c1-3-8-17-11-14-12-20-16(18-14)13-6-5-7-15(10-13)19-9-4-2/h5-7,10,12,17H,3-4,8-9,11H2,1-2H3. The van der Waals surface area contributed by atoms with Gasteiger partial charge in [-0.1, -0.05) is 26.0 Å². The molecule has 0 unspecified atom stereocenters. The summed E-state index contributed by atoms with van der Waals surface area (Å²) in [5.41, 5.74) is 2.24. The van der Waals surface area contributed by atoms with Crippen molar-refractivity contribution in [2.24, 2.45) is 0 Å². The van der Waals surface area contributed by atoms with E-state index in [2.05, 4.69) is 41.7 Å². The van der Waals surface area contributed by atoms with Crippen LogP contribution in [0.5, 0.6) is 5.75 Å². The Morgan fingerprint density at radius 1 is 1.25 bits per heavy atom. The van der Waals surface area contributed by atoms with Crippen LogP contribution in [0.2, 0.25) is 0 Å². The van der Waals surface area contributed by atoms with Crippen LogP contribution >= 0.6 is 11.3 Å². The fourth-order valence-corrected chi connectivity index (χ4v) is 2.67. The Bertz CT molecular complexity index is 525. The molecule has 0 radical (unpaired) electrons. The Labute approximate surface area is 125 Å². The predicted octanol–water partition coefficient (Wildman–Crippen LogP) is 4.10. The first-order valence-electron chi connectivity index (χ1n) is 7.21. The highest BCUT2D eigenvalue weighted by Gasteiger charge is 2.05.